The van der Waals surface area contributed by atoms with Crippen molar-refractivity contribution in [2.24, 2.45) is 17.8 Å². The van der Waals surface area contributed by atoms with Crippen LogP contribution in [0.5, 0.6) is 0 Å². The molecule has 0 heterocycles. The summed E-state index contributed by atoms with van der Waals surface area (Å²) in [5, 5.41) is 0. The second kappa shape index (κ2) is 19.0. The molecule has 1 unspecified atom stereocenters. The molecular weight excluding hydrogens is 312 g/mol. The summed E-state index contributed by atoms with van der Waals surface area (Å²) < 4.78 is 0. The van der Waals surface area contributed by atoms with Gasteiger partial charge in [0.2, 0.25) is 0 Å². The molecule has 26 heavy (non-hydrogen) atoms. The van der Waals surface area contributed by atoms with Gasteiger partial charge in [-0.25, -0.2) is 0 Å². The molecule has 2 rings (SSSR count). The third kappa shape index (κ3) is 14.4. The van der Waals surface area contributed by atoms with E-state index in [2.05, 4.69) is 66.3 Å². The minimum Gasteiger partial charge on any atom is -0.0995 e. The van der Waals surface area contributed by atoms with Crippen LogP contribution in [-0.4, -0.2) is 0 Å². The Morgan fingerprint density at radius 3 is 1.92 bits per heavy atom. The van der Waals surface area contributed by atoms with E-state index >= 15 is 0 Å². The molecule has 1 fully saturated rings. The van der Waals surface area contributed by atoms with Crippen LogP contribution in [0.25, 0.3) is 0 Å². The summed E-state index contributed by atoms with van der Waals surface area (Å²) in [6, 6.07) is 0. The first-order valence-corrected chi connectivity index (χ1v) is 11.5. The second-order valence-electron chi connectivity index (χ2n) is 7.98. The van der Waals surface area contributed by atoms with Gasteiger partial charge in [0.15, 0.2) is 0 Å². The highest BCUT2D eigenvalue weighted by atomic mass is 14.2. The predicted molar refractivity (Wildman–Crippen MR) is 124 cm³/mol. The highest BCUT2D eigenvalue weighted by molar-refractivity contribution is 5.29. The standard InChI is InChI=1S/C15H22.C6H14.C3H8.C2H6/c1-12(2)13-8-10-15(11-9-13)14-6-4-3-5-7-14;1-4-5-6(2)3;1-3-2;1-2/h8,10-11,13-14H,1,3-7,9H2,2H3;6H,4-5H2,1-3H3;3H2,1-2H3;1-2H3. The Kier molecular flexibility index (Phi) is 20.0. The van der Waals surface area contributed by atoms with Gasteiger partial charge < -0.3 is 0 Å². The average Bonchev–Trinajstić information content (AvgIpc) is 2.65. The van der Waals surface area contributed by atoms with E-state index in [0.29, 0.717) is 5.92 Å². The van der Waals surface area contributed by atoms with E-state index in [0.717, 1.165) is 11.8 Å². The molecule has 0 amide bonds. The minimum atomic E-state index is 0.595. The van der Waals surface area contributed by atoms with Gasteiger partial charge in [0, 0.05) is 5.92 Å². The van der Waals surface area contributed by atoms with Gasteiger partial charge in [-0.1, -0.05) is 117 Å². The maximum Gasteiger partial charge on any atom is 0.000921 e. The van der Waals surface area contributed by atoms with E-state index in [4.69, 9.17) is 0 Å². The lowest BCUT2D eigenvalue weighted by Crippen LogP contribution is -2.11. The fourth-order valence-corrected chi connectivity index (χ4v) is 3.32. The molecule has 0 aromatic heterocycles. The van der Waals surface area contributed by atoms with Crippen LogP contribution >= 0.6 is 0 Å². The molecule has 2 aliphatic rings. The monoisotopic (exact) mass is 362 g/mol. The fourth-order valence-electron chi connectivity index (χ4n) is 3.32. The van der Waals surface area contributed by atoms with Gasteiger partial charge >= 0.3 is 0 Å². The summed E-state index contributed by atoms with van der Waals surface area (Å²) in [4.78, 5) is 0. The van der Waals surface area contributed by atoms with Gasteiger partial charge in [0.25, 0.3) is 0 Å². The third-order valence-electron chi connectivity index (χ3n) is 4.70. The zero-order valence-electron chi connectivity index (χ0n) is 19.5. The van der Waals surface area contributed by atoms with Crippen molar-refractivity contribution in [1.82, 2.24) is 0 Å². The Morgan fingerprint density at radius 1 is 1.08 bits per heavy atom. The van der Waals surface area contributed by atoms with Gasteiger partial charge in [-0.15, -0.1) is 0 Å². The first-order chi connectivity index (χ1) is 12.5. The van der Waals surface area contributed by atoms with Crippen molar-refractivity contribution in [1.29, 1.82) is 0 Å². The smallest absolute Gasteiger partial charge is 0.000921 e. The molecule has 0 aromatic carbocycles. The topological polar surface area (TPSA) is 0 Å². The van der Waals surface area contributed by atoms with Crippen LogP contribution in [0.3, 0.4) is 0 Å². The first-order valence-electron chi connectivity index (χ1n) is 11.5. The van der Waals surface area contributed by atoms with Crippen LogP contribution in [0, 0.1) is 17.8 Å². The van der Waals surface area contributed by atoms with Crippen molar-refractivity contribution >= 4 is 0 Å². The van der Waals surface area contributed by atoms with Crippen molar-refractivity contribution < 1.29 is 0 Å². The Morgan fingerprint density at radius 2 is 1.62 bits per heavy atom. The maximum absolute atomic E-state index is 4.04. The van der Waals surface area contributed by atoms with Crippen molar-refractivity contribution in [3.8, 4) is 0 Å². The predicted octanol–water partition coefficient (Wildman–Crippen LogP) is 9.53. The summed E-state index contributed by atoms with van der Waals surface area (Å²) in [5.74, 6) is 2.36. The second-order valence-corrected chi connectivity index (χ2v) is 7.98. The van der Waals surface area contributed by atoms with Crippen molar-refractivity contribution in [2.75, 3.05) is 0 Å². The zero-order valence-corrected chi connectivity index (χ0v) is 19.5. The highest BCUT2D eigenvalue weighted by Crippen LogP contribution is 2.33. The van der Waals surface area contributed by atoms with E-state index in [1.54, 1.807) is 5.57 Å². The fraction of sp³-hybridized carbons (Fsp3) is 0.769. The van der Waals surface area contributed by atoms with Crippen molar-refractivity contribution in [3.05, 3.63) is 36.0 Å². The van der Waals surface area contributed by atoms with E-state index in [9.17, 15) is 0 Å². The van der Waals surface area contributed by atoms with E-state index in [-0.39, 0.29) is 0 Å². The summed E-state index contributed by atoms with van der Waals surface area (Å²) in [6.45, 7) is 21.1. The molecule has 1 saturated carbocycles. The van der Waals surface area contributed by atoms with E-state index in [1.165, 1.54) is 63.4 Å². The Balaban J connectivity index is 0. The average molecular weight is 363 g/mol. The summed E-state index contributed by atoms with van der Waals surface area (Å²) in [7, 11) is 0. The Bertz CT molecular complexity index is 363. The molecule has 0 N–H and O–H groups in total. The maximum atomic E-state index is 4.04. The molecule has 0 bridgehead atoms. The molecule has 0 heteroatoms. The van der Waals surface area contributed by atoms with Crippen molar-refractivity contribution in [3.63, 3.8) is 0 Å². The van der Waals surface area contributed by atoms with Crippen LogP contribution in [0.1, 0.15) is 113 Å². The van der Waals surface area contributed by atoms with Gasteiger partial charge in [-0.2, -0.15) is 0 Å². The molecule has 0 nitrogen and oxygen atoms in total. The minimum absolute atomic E-state index is 0.595. The molecule has 0 aliphatic heterocycles. The summed E-state index contributed by atoms with van der Waals surface area (Å²) >= 11 is 0. The number of allylic oxidation sites excluding steroid dienone is 5. The van der Waals surface area contributed by atoms with E-state index in [1.807, 2.05) is 13.8 Å². The van der Waals surface area contributed by atoms with Crippen LogP contribution < -0.4 is 0 Å². The number of rotatable bonds is 4. The lowest BCUT2D eigenvalue weighted by atomic mass is 9.80. The third-order valence-corrected chi connectivity index (χ3v) is 4.70. The first kappa shape index (κ1) is 27.4. The van der Waals surface area contributed by atoms with Crippen LogP contribution in [-0.2, 0) is 0 Å². The molecule has 0 saturated heterocycles. The van der Waals surface area contributed by atoms with Crippen LogP contribution in [0.15, 0.2) is 36.0 Å². The van der Waals surface area contributed by atoms with Gasteiger partial charge in [0.05, 0.1) is 0 Å². The van der Waals surface area contributed by atoms with Gasteiger partial charge in [-0.3, -0.25) is 0 Å². The zero-order chi connectivity index (χ0) is 20.4. The van der Waals surface area contributed by atoms with Gasteiger partial charge in [0.1, 0.15) is 0 Å². The molecule has 0 radical (unpaired) electrons. The Hall–Kier alpha value is -0.780. The lowest BCUT2D eigenvalue weighted by molar-refractivity contribution is 0.406. The molecule has 0 aromatic rings. The number of hydrogen-bond acceptors (Lipinski definition) is 0. The van der Waals surface area contributed by atoms with Crippen molar-refractivity contribution in [2.45, 2.75) is 113 Å². The summed E-state index contributed by atoms with van der Waals surface area (Å²) in [5.41, 5.74) is 2.90. The summed E-state index contributed by atoms with van der Waals surface area (Å²) in [6.07, 6.45) is 19.4. The molecule has 2 aliphatic carbocycles. The quantitative estimate of drug-likeness (QED) is 0.437. The largest absolute Gasteiger partial charge is 0.0995 e. The normalized spacial score (nSPS) is 19.1. The van der Waals surface area contributed by atoms with E-state index < -0.39 is 0 Å². The van der Waals surface area contributed by atoms with Crippen LogP contribution in [0.2, 0.25) is 0 Å². The molecular formula is C26H50. The van der Waals surface area contributed by atoms with Gasteiger partial charge in [-0.05, 0) is 43.6 Å². The molecule has 0 spiro atoms. The molecule has 1 atom stereocenters. The number of hydrogen-bond donors (Lipinski definition) is 0. The Labute approximate surface area is 167 Å². The SMILES string of the molecule is C=C(C)C1C=CC(C2CCCCC2)=CC1.CC.CCC.CCCC(C)C. The highest BCUT2D eigenvalue weighted by Gasteiger charge is 2.18. The lowest BCUT2D eigenvalue weighted by Gasteiger charge is -2.26. The van der Waals surface area contributed by atoms with Crippen LogP contribution in [0.4, 0.5) is 0 Å². The molecule has 154 valence electrons.